The molecule has 24 heavy (non-hydrogen) atoms. The van der Waals surface area contributed by atoms with E-state index in [4.69, 9.17) is 4.74 Å². The lowest BCUT2D eigenvalue weighted by Crippen LogP contribution is -2.40. The minimum atomic E-state index is -0.391. The smallest absolute Gasteiger partial charge is 0.229 e. The molecule has 1 aliphatic rings. The van der Waals surface area contributed by atoms with Crippen LogP contribution in [0, 0.1) is 17.3 Å². The first-order chi connectivity index (χ1) is 11.2. The normalized spacial score (nSPS) is 22.2. The lowest BCUT2D eigenvalue weighted by atomic mass is 9.92. The average molecular weight is 332 g/mol. The van der Waals surface area contributed by atoms with Gasteiger partial charge in [0.05, 0.1) is 0 Å². The van der Waals surface area contributed by atoms with Gasteiger partial charge >= 0.3 is 0 Å². The van der Waals surface area contributed by atoms with E-state index in [2.05, 4.69) is 24.1 Å². The first-order valence-electron chi connectivity index (χ1n) is 9.00. The molecule has 0 aromatic heterocycles. The second kappa shape index (κ2) is 8.02. The zero-order valence-electron chi connectivity index (χ0n) is 15.8. The number of hydrogen-bond acceptors (Lipinski definition) is 3. The van der Waals surface area contributed by atoms with Gasteiger partial charge in [0.25, 0.3) is 0 Å². The van der Waals surface area contributed by atoms with Crippen LogP contribution in [0.3, 0.4) is 0 Å². The number of piperidine rings is 1. The molecule has 1 heterocycles. The highest BCUT2D eigenvalue weighted by Crippen LogP contribution is 2.22. The van der Waals surface area contributed by atoms with Gasteiger partial charge in [-0.25, -0.2) is 0 Å². The van der Waals surface area contributed by atoms with E-state index in [9.17, 15) is 4.79 Å². The number of benzene rings is 1. The molecular weight excluding hydrogens is 300 g/mol. The summed E-state index contributed by atoms with van der Waals surface area (Å²) in [6, 6.07) is 7.62. The molecule has 1 aromatic rings. The van der Waals surface area contributed by atoms with Gasteiger partial charge in [-0.05, 0) is 42.5 Å². The predicted octanol–water partition coefficient (Wildman–Crippen LogP) is 4.03. The van der Waals surface area contributed by atoms with Gasteiger partial charge in [-0.1, -0.05) is 34.6 Å². The highest BCUT2D eigenvalue weighted by atomic mass is 16.5. The molecule has 1 aliphatic heterocycles. The number of ether oxygens (including phenoxy) is 1. The van der Waals surface area contributed by atoms with Crippen LogP contribution in [0.25, 0.3) is 0 Å². The number of likely N-dealkylation sites (tertiary alicyclic amines) is 1. The van der Waals surface area contributed by atoms with Crippen molar-refractivity contribution in [1.29, 1.82) is 0 Å². The zero-order valence-corrected chi connectivity index (χ0v) is 15.8. The number of carbonyl (C=O) groups excluding carboxylic acids is 1. The minimum Gasteiger partial charge on any atom is -0.492 e. The third-order valence-electron chi connectivity index (χ3n) is 4.41. The molecule has 1 amide bonds. The number of hydrogen-bond donors (Lipinski definition) is 1. The minimum absolute atomic E-state index is 0.0181. The van der Waals surface area contributed by atoms with E-state index in [0.29, 0.717) is 6.61 Å². The number of rotatable bonds is 5. The van der Waals surface area contributed by atoms with Crippen molar-refractivity contribution in [2.75, 3.05) is 31.6 Å². The molecule has 0 saturated carbocycles. The molecule has 0 bridgehead atoms. The quantitative estimate of drug-likeness (QED) is 0.885. The van der Waals surface area contributed by atoms with Crippen LogP contribution in [-0.2, 0) is 4.79 Å². The van der Waals surface area contributed by atoms with Crippen LogP contribution < -0.4 is 10.1 Å². The maximum absolute atomic E-state index is 12.0. The molecule has 0 unspecified atom stereocenters. The van der Waals surface area contributed by atoms with Crippen LogP contribution in [0.4, 0.5) is 5.69 Å². The van der Waals surface area contributed by atoms with Crippen LogP contribution in [-0.4, -0.2) is 37.0 Å². The van der Waals surface area contributed by atoms with Gasteiger partial charge in [-0.2, -0.15) is 0 Å². The molecule has 4 nitrogen and oxygen atoms in total. The van der Waals surface area contributed by atoms with Crippen molar-refractivity contribution in [3.63, 3.8) is 0 Å². The highest BCUT2D eigenvalue weighted by Gasteiger charge is 2.22. The van der Waals surface area contributed by atoms with Gasteiger partial charge in [-0.3, -0.25) is 9.69 Å². The van der Waals surface area contributed by atoms with Crippen molar-refractivity contribution >= 4 is 11.6 Å². The Bertz CT molecular complexity index is 524. The van der Waals surface area contributed by atoms with Gasteiger partial charge in [0.1, 0.15) is 12.4 Å². The van der Waals surface area contributed by atoms with E-state index in [-0.39, 0.29) is 5.91 Å². The number of anilines is 1. The van der Waals surface area contributed by atoms with E-state index in [0.717, 1.165) is 29.8 Å². The molecule has 2 atom stereocenters. The van der Waals surface area contributed by atoms with Gasteiger partial charge in [0, 0.05) is 30.7 Å². The van der Waals surface area contributed by atoms with Crippen LogP contribution in [0.5, 0.6) is 5.75 Å². The number of nitrogens with one attached hydrogen (secondary N) is 1. The Labute approximate surface area is 146 Å². The van der Waals surface area contributed by atoms with Crippen LogP contribution in [0.2, 0.25) is 0 Å². The summed E-state index contributed by atoms with van der Waals surface area (Å²) in [5.41, 5.74) is 0.415. The van der Waals surface area contributed by atoms with Crippen LogP contribution >= 0.6 is 0 Å². The Morgan fingerprint density at radius 3 is 2.29 bits per heavy atom. The van der Waals surface area contributed by atoms with Crippen molar-refractivity contribution in [2.45, 2.75) is 41.0 Å². The second-order valence-corrected chi connectivity index (χ2v) is 8.28. The fourth-order valence-corrected chi connectivity index (χ4v) is 3.22. The molecule has 0 spiro atoms. The largest absolute Gasteiger partial charge is 0.492 e. The SMILES string of the molecule is C[C@@H]1C[C@@H](C)CN(CCOc2ccc(NC(=O)C(C)(C)C)cc2)C1. The third kappa shape index (κ3) is 5.82. The highest BCUT2D eigenvalue weighted by molar-refractivity contribution is 5.94. The lowest BCUT2D eigenvalue weighted by Gasteiger charge is -2.34. The van der Waals surface area contributed by atoms with E-state index in [1.54, 1.807) is 0 Å². The molecule has 1 N–H and O–H groups in total. The molecule has 1 aromatic carbocycles. The summed E-state index contributed by atoms with van der Waals surface area (Å²) in [7, 11) is 0. The summed E-state index contributed by atoms with van der Waals surface area (Å²) in [4.78, 5) is 14.5. The van der Waals surface area contributed by atoms with Crippen LogP contribution in [0.1, 0.15) is 41.0 Å². The predicted molar refractivity (Wildman–Crippen MR) is 99.4 cm³/mol. The first-order valence-corrected chi connectivity index (χ1v) is 9.00. The average Bonchev–Trinajstić information content (AvgIpc) is 2.47. The van der Waals surface area contributed by atoms with E-state index in [1.807, 2.05) is 45.0 Å². The number of amides is 1. The fraction of sp³-hybridized carbons (Fsp3) is 0.650. The number of nitrogens with zero attached hydrogens (tertiary/aromatic N) is 1. The molecule has 1 fully saturated rings. The molecule has 134 valence electrons. The standard InChI is InChI=1S/C20H32N2O2/c1-15-12-16(2)14-22(13-15)10-11-24-18-8-6-17(7-9-18)21-19(23)20(3,4)5/h6-9,15-16H,10-14H2,1-5H3,(H,21,23)/t15-,16-/m1/s1. The van der Waals surface area contributed by atoms with E-state index < -0.39 is 5.41 Å². The molecule has 0 aliphatic carbocycles. The van der Waals surface area contributed by atoms with Crippen molar-refractivity contribution in [1.82, 2.24) is 4.90 Å². The Morgan fingerprint density at radius 2 is 1.75 bits per heavy atom. The van der Waals surface area contributed by atoms with Crippen molar-refractivity contribution in [3.05, 3.63) is 24.3 Å². The monoisotopic (exact) mass is 332 g/mol. The van der Waals surface area contributed by atoms with Crippen LogP contribution in [0.15, 0.2) is 24.3 Å². The van der Waals surface area contributed by atoms with Gasteiger partial charge < -0.3 is 10.1 Å². The van der Waals surface area contributed by atoms with E-state index in [1.165, 1.54) is 19.5 Å². The Kier molecular flexibility index (Phi) is 6.27. The van der Waals surface area contributed by atoms with E-state index >= 15 is 0 Å². The Balaban J connectivity index is 1.77. The van der Waals surface area contributed by atoms with Gasteiger partial charge in [0.15, 0.2) is 0 Å². The topological polar surface area (TPSA) is 41.6 Å². The van der Waals surface area contributed by atoms with Crippen molar-refractivity contribution < 1.29 is 9.53 Å². The van der Waals surface area contributed by atoms with Gasteiger partial charge in [0.2, 0.25) is 5.91 Å². The Hall–Kier alpha value is -1.55. The second-order valence-electron chi connectivity index (χ2n) is 8.28. The van der Waals surface area contributed by atoms with Crippen molar-refractivity contribution in [2.24, 2.45) is 17.3 Å². The van der Waals surface area contributed by atoms with Gasteiger partial charge in [-0.15, -0.1) is 0 Å². The Morgan fingerprint density at radius 1 is 1.17 bits per heavy atom. The maximum Gasteiger partial charge on any atom is 0.229 e. The number of carbonyl (C=O) groups is 1. The molecule has 1 saturated heterocycles. The summed E-state index contributed by atoms with van der Waals surface area (Å²) in [5, 5.41) is 2.92. The summed E-state index contributed by atoms with van der Waals surface area (Å²) >= 11 is 0. The summed E-state index contributed by atoms with van der Waals surface area (Å²) in [6.07, 6.45) is 1.33. The first kappa shape index (κ1) is 18.8. The van der Waals surface area contributed by atoms with Crippen molar-refractivity contribution in [3.8, 4) is 5.75 Å². The molecule has 2 rings (SSSR count). The fourth-order valence-electron chi connectivity index (χ4n) is 3.22. The molecule has 4 heteroatoms. The zero-order chi connectivity index (χ0) is 17.7. The summed E-state index contributed by atoms with van der Waals surface area (Å²) < 4.78 is 5.85. The summed E-state index contributed by atoms with van der Waals surface area (Å²) in [6.45, 7) is 14.4. The lowest BCUT2D eigenvalue weighted by molar-refractivity contribution is -0.123. The maximum atomic E-state index is 12.0. The molecule has 0 radical (unpaired) electrons. The third-order valence-corrected chi connectivity index (χ3v) is 4.41. The summed E-state index contributed by atoms with van der Waals surface area (Å²) in [5.74, 6) is 2.42. The molecular formula is C20H32N2O2.